The van der Waals surface area contributed by atoms with Crippen LogP contribution in [0.3, 0.4) is 0 Å². The van der Waals surface area contributed by atoms with Gasteiger partial charge in [0.1, 0.15) is 0 Å². The largest absolute Gasteiger partial charge is 0.279 e. The van der Waals surface area contributed by atoms with E-state index in [1.807, 2.05) is 43.3 Å². The number of nitrogens with zero attached hydrogens (tertiary/aromatic N) is 3. The van der Waals surface area contributed by atoms with Crippen LogP contribution in [0.15, 0.2) is 71.6 Å². The van der Waals surface area contributed by atoms with Gasteiger partial charge in [0.25, 0.3) is 5.91 Å². The first-order chi connectivity index (χ1) is 18.3. The number of anilines is 1. The number of hydrogen-bond donors (Lipinski definition) is 0. The van der Waals surface area contributed by atoms with E-state index in [0.717, 1.165) is 59.0 Å². The molecule has 3 aromatic carbocycles. The van der Waals surface area contributed by atoms with Gasteiger partial charge in [0.2, 0.25) is 10.0 Å². The average molecular weight is 548 g/mol. The Labute approximate surface area is 229 Å². The van der Waals surface area contributed by atoms with Gasteiger partial charge in [-0.3, -0.25) is 9.69 Å². The topological polar surface area (TPSA) is 70.6 Å². The summed E-state index contributed by atoms with van der Waals surface area (Å²) in [6, 6.07) is 20.3. The Morgan fingerprint density at radius 3 is 2.32 bits per heavy atom. The van der Waals surface area contributed by atoms with Crippen molar-refractivity contribution in [3.8, 4) is 0 Å². The number of benzene rings is 3. The Bertz CT molecular complexity index is 1540. The molecule has 0 atom stereocenters. The third-order valence-corrected chi connectivity index (χ3v) is 10.6. The third kappa shape index (κ3) is 5.25. The number of aryl methyl sites for hydroxylation is 2. The molecule has 1 aliphatic rings. The zero-order valence-electron chi connectivity index (χ0n) is 22.1. The fourth-order valence-corrected chi connectivity index (χ4v) is 7.49. The molecular weight excluding hydrogens is 514 g/mol. The Kier molecular flexibility index (Phi) is 7.66. The minimum Gasteiger partial charge on any atom is -0.279 e. The molecule has 5 rings (SSSR count). The van der Waals surface area contributed by atoms with Crippen molar-refractivity contribution in [2.45, 2.75) is 63.4 Å². The normalized spacial score (nSPS) is 14.7. The van der Waals surface area contributed by atoms with Crippen molar-refractivity contribution >= 4 is 42.6 Å². The molecular formula is C30H33N3O3S2. The van der Waals surface area contributed by atoms with Crippen molar-refractivity contribution in [2.24, 2.45) is 0 Å². The van der Waals surface area contributed by atoms with Crippen molar-refractivity contribution in [1.82, 2.24) is 9.29 Å². The Morgan fingerprint density at radius 2 is 1.63 bits per heavy atom. The van der Waals surface area contributed by atoms with Gasteiger partial charge >= 0.3 is 0 Å². The van der Waals surface area contributed by atoms with Crippen molar-refractivity contribution in [3.05, 3.63) is 89.0 Å². The molecule has 0 bridgehead atoms. The number of amides is 1. The van der Waals surface area contributed by atoms with E-state index in [0.29, 0.717) is 17.2 Å². The van der Waals surface area contributed by atoms with Gasteiger partial charge in [-0.15, -0.1) is 0 Å². The maximum atomic E-state index is 13.9. The average Bonchev–Trinajstić information content (AvgIpc) is 3.39. The van der Waals surface area contributed by atoms with Gasteiger partial charge in [-0.1, -0.05) is 67.0 Å². The number of rotatable bonds is 7. The number of sulfonamides is 1. The van der Waals surface area contributed by atoms with Crippen LogP contribution in [0.25, 0.3) is 10.2 Å². The van der Waals surface area contributed by atoms with E-state index in [1.165, 1.54) is 15.6 Å². The van der Waals surface area contributed by atoms with Crippen LogP contribution in [0.5, 0.6) is 0 Å². The fourth-order valence-electron chi connectivity index (χ4n) is 5.05. The maximum absolute atomic E-state index is 13.9. The van der Waals surface area contributed by atoms with Gasteiger partial charge in [0.05, 0.1) is 21.7 Å². The molecule has 0 unspecified atom stereocenters. The lowest BCUT2D eigenvalue weighted by molar-refractivity contribution is 0.0985. The van der Waals surface area contributed by atoms with Crippen LogP contribution in [0, 0.1) is 13.8 Å². The van der Waals surface area contributed by atoms with Crippen molar-refractivity contribution in [2.75, 3.05) is 11.9 Å². The molecule has 1 aliphatic carbocycles. The van der Waals surface area contributed by atoms with E-state index in [4.69, 9.17) is 4.98 Å². The zero-order chi connectivity index (χ0) is 26.9. The summed E-state index contributed by atoms with van der Waals surface area (Å²) < 4.78 is 29.1. The zero-order valence-corrected chi connectivity index (χ0v) is 23.7. The lowest BCUT2D eigenvalue weighted by Gasteiger charge is -2.30. The first-order valence-electron chi connectivity index (χ1n) is 13.1. The van der Waals surface area contributed by atoms with E-state index in [9.17, 15) is 13.2 Å². The lowest BCUT2D eigenvalue weighted by Crippen LogP contribution is -2.38. The van der Waals surface area contributed by atoms with Crippen LogP contribution in [0.1, 0.15) is 59.2 Å². The van der Waals surface area contributed by atoms with E-state index in [2.05, 4.69) is 13.0 Å². The second kappa shape index (κ2) is 11.0. The smallest absolute Gasteiger partial charge is 0.260 e. The highest BCUT2D eigenvalue weighted by Gasteiger charge is 2.29. The summed E-state index contributed by atoms with van der Waals surface area (Å²) in [7, 11) is -1.96. The molecule has 198 valence electrons. The van der Waals surface area contributed by atoms with Crippen molar-refractivity contribution < 1.29 is 13.2 Å². The van der Waals surface area contributed by atoms with Crippen molar-refractivity contribution in [3.63, 3.8) is 0 Å². The van der Waals surface area contributed by atoms with Gasteiger partial charge in [-0.25, -0.2) is 13.4 Å². The molecule has 4 aromatic rings. The second-order valence-electron chi connectivity index (χ2n) is 10.1. The fraction of sp³-hybridized carbons (Fsp3) is 0.333. The van der Waals surface area contributed by atoms with Crippen LogP contribution in [-0.4, -0.2) is 36.7 Å². The molecule has 0 N–H and O–H groups in total. The second-order valence-corrected chi connectivity index (χ2v) is 13.1. The summed E-state index contributed by atoms with van der Waals surface area (Å²) in [5.74, 6) is -0.216. The van der Waals surface area contributed by atoms with Crippen molar-refractivity contribution in [1.29, 1.82) is 0 Å². The summed E-state index contributed by atoms with van der Waals surface area (Å²) >= 11 is 1.49. The van der Waals surface area contributed by atoms with Crippen LogP contribution in [0.2, 0.25) is 0 Å². The van der Waals surface area contributed by atoms with Crippen LogP contribution in [0.4, 0.5) is 5.13 Å². The highest BCUT2D eigenvalue weighted by molar-refractivity contribution is 7.89. The van der Waals surface area contributed by atoms with E-state index in [-0.39, 0.29) is 16.8 Å². The van der Waals surface area contributed by atoms with Crippen LogP contribution < -0.4 is 4.90 Å². The predicted molar refractivity (Wildman–Crippen MR) is 154 cm³/mol. The summed E-state index contributed by atoms with van der Waals surface area (Å²) in [5, 5.41) is 0.622. The Balaban J connectivity index is 1.46. The van der Waals surface area contributed by atoms with Crippen LogP contribution >= 0.6 is 11.3 Å². The molecule has 1 fully saturated rings. The SMILES string of the molecule is Cc1ccc2sc(N(Cc3ccccc3)C(=O)c3ccc(S(=O)(=O)N(C)C4CCCCC4)cc3)nc2c1C. The summed E-state index contributed by atoms with van der Waals surface area (Å²) in [5.41, 5.74) is 4.58. The third-order valence-electron chi connectivity index (χ3n) is 7.60. The minimum atomic E-state index is -3.63. The number of fused-ring (bicyclic) bond motifs is 1. The number of carbonyl (C=O) groups excluding carboxylic acids is 1. The van der Waals surface area contributed by atoms with Gasteiger partial charge in [-0.05, 0) is 73.7 Å². The number of carbonyl (C=O) groups is 1. The summed E-state index contributed by atoms with van der Waals surface area (Å²) in [4.78, 5) is 20.6. The van der Waals surface area contributed by atoms with E-state index < -0.39 is 10.0 Å². The molecule has 0 saturated heterocycles. The van der Waals surface area contributed by atoms with Gasteiger partial charge in [0.15, 0.2) is 5.13 Å². The minimum absolute atomic E-state index is 0.0301. The summed E-state index contributed by atoms with van der Waals surface area (Å²) in [6.07, 6.45) is 5.05. The number of aromatic nitrogens is 1. The van der Waals surface area contributed by atoms with Crippen LogP contribution in [-0.2, 0) is 16.6 Å². The van der Waals surface area contributed by atoms with Gasteiger partial charge in [-0.2, -0.15) is 4.31 Å². The molecule has 0 radical (unpaired) electrons. The molecule has 8 heteroatoms. The van der Waals surface area contributed by atoms with Gasteiger partial charge < -0.3 is 0 Å². The molecule has 0 spiro atoms. The Hall–Kier alpha value is -3.07. The highest BCUT2D eigenvalue weighted by Crippen LogP contribution is 2.34. The van der Waals surface area contributed by atoms with Gasteiger partial charge in [0, 0.05) is 18.7 Å². The monoisotopic (exact) mass is 547 g/mol. The Morgan fingerprint density at radius 1 is 0.947 bits per heavy atom. The first kappa shape index (κ1) is 26.5. The first-order valence-corrected chi connectivity index (χ1v) is 15.3. The number of thiazole rings is 1. The van der Waals surface area contributed by atoms with E-state index in [1.54, 1.807) is 36.2 Å². The molecule has 1 heterocycles. The molecule has 1 saturated carbocycles. The number of hydrogen-bond acceptors (Lipinski definition) is 5. The summed E-state index contributed by atoms with van der Waals surface area (Å²) in [6.45, 7) is 4.47. The maximum Gasteiger partial charge on any atom is 0.260 e. The standard InChI is InChI=1S/C30H33N3O3S2/c1-21-14-19-27-28(22(21)2)31-30(37-27)33(20-23-10-6-4-7-11-23)29(34)24-15-17-26(18-16-24)38(35,36)32(3)25-12-8-5-9-13-25/h4,6-7,10-11,14-19,25H,5,8-9,12-13,20H2,1-3H3. The molecule has 1 amide bonds. The lowest BCUT2D eigenvalue weighted by atomic mass is 9.96. The van der Waals surface area contributed by atoms with E-state index >= 15 is 0 Å². The molecule has 1 aromatic heterocycles. The molecule has 6 nitrogen and oxygen atoms in total. The predicted octanol–water partition coefficient (Wildman–Crippen LogP) is 6.71. The quantitative estimate of drug-likeness (QED) is 0.258. The molecule has 0 aliphatic heterocycles. The highest BCUT2D eigenvalue weighted by atomic mass is 32.2. The molecule has 38 heavy (non-hydrogen) atoms.